The molecule has 2 aromatic heterocycles. The Balaban J connectivity index is 1.37. The lowest BCUT2D eigenvalue weighted by molar-refractivity contribution is -0.128. The predicted octanol–water partition coefficient (Wildman–Crippen LogP) is 1.87. The smallest absolute Gasteiger partial charge is 0.254 e. The van der Waals surface area contributed by atoms with Crippen LogP contribution in [0.15, 0.2) is 47.6 Å². The van der Waals surface area contributed by atoms with Crippen LogP contribution >= 0.6 is 11.8 Å². The molecule has 4 rings (SSSR count). The van der Waals surface area contributed by atoms with Crippen LogP contribution in [0.25, 0.3) is 5.78 Å². The number of aryl methyl sites for hydroxylation is 1. The summed E-state index contributed by atoms with van der Waals surface area (Å²) in [5.41, 5.74) is 0.915. The third kappa shape index (κ3) is 3.50. The van der Waals surface area contributed by atoms with Crippen LogP contribution in [0, 0.1) is 6.92 Å². The number of anilines is 1. The van der Waals surface area contributed by atoms with Crippen molar-refractivity contribution in [2.75, 3.05) is 36.8 Å². The predicted molar refractivity (Wildman–Crippen MR) is 101 cm³/mol. The number of amides is 1. The maximum absolute atomic E-state index is 12.5. The van der Waals surface area contributed by atoms with Crippen LogP contribution in [-0.4, -0.2) is 62.3 Å². The Kier molecular flexibility index (Phi) is 4.75. The number of carbonyl (C=O) groups is 1. The van der Waals surface area contributed by atoms with Crippen LogP contribution in [0.3, 0.4) is 0 Å². The molecule has 1 amide bonds. The Bertz CT molecular complexity index is 904. The van der Waals surface area contributed by atoms with Crippen LogP contribution in [0.5, 0.6) is 0 Å². The van der Waals surface area contributed by atoms with Gasteiger partial charge in [0.05, 0.1) is 5.75 Å². The Morgan fingerprint density at radius 2 is 1.92 bits per heavy atom. The largest absolute Gasteiger partial charge is 0.353 e. The molecule has 7 nitrogen and oxygen atoms in total. The molecule has 26 heavy (non-hydrogen) atoms. The second-order valence-corrected chi connectivity index (χ2v) is 7.25. The van der Waals surface area contributed by atoms with E-state index in [1.165, 1.54) is 6.33 Å². The van der Waals surface area contributed by atoms with Gasteiger partial charge in [0, 0.05) is 42.8 Å². The first-order chi connectivity index (χ1) is 12.7. The summed E-state index contributed by atoms with van der Waals surface area (Å²) in [5.74, 6) is 2.26. The zero-order chi connectivity index (χ0) is 17.9. The highest BCUT2D eigenvalue weighted by Gasteiger charge is 2.23. The normalized spacial score (nSPS) is 14.8. The van der Waals surface area contributed by atoms with Gasteiger partial charge >= 0.3 is 0 Å². The molecule has 0 N–H and O–H groups in total. The van der Waals surface area contributed by atoms with Gasteiger partial charge in [-0.3, -0.25) is 4.79 Å². The minimum absolute atomic E-state index is 0.190. The first kappa shape index (κ1) is 16.8. The number of carbonyl (C=O) groups excluding carboxylic acids is 1. The monoisotopic (exact) mass is 368 g/mol. The van der Waals surface area contributed by atoms with Crippen LogP contribution in [-0.2, 0) is 4.79 Å². The number of hydrogen-bond donors (Lipinski definition) is 0. The van der Waals surface area contributed by atoms with E-state index in [1.54, 1.807) is 16.3 Å². The first-order valence-corrected chi connectivity index (χ1v) is 9.57. The molecule has 3 heterocycles. The molecule has 1 aromatic carbocycles. The number of benzene rings is 1. The first-order valence-electron chi connectivity index (χ1n) is 8.59. The van der Waals surface area contributed by atoms with Crippen molar-refractivity contribution in [3.63, 3.8) is 0 Å². The van der Waals surface area contributed by atoms with Gasteiger partial charge in [-0.15, -0.1) is 11.8 Å². The van der Waals surface area contributed by atoms with Crippen molar-refractivity contribution >= 4 is 29.3 Å². The van der Waals surface area contributed by atoms with E-state index in [4.69, 9.17) is 0 Å². The molecular weight excluding hydrogens is 348 g/mol. The van der Waals surface area contributed by atoms with Crippen molar-refractivity contribution in [1.82, 2.24) is 24.5 Å². The highest BCUT2D eigenvalue weighted by atomic mass is 32.2. The fourth-order valence-corrected chi connectivity index (χ4v) is 3.90. The summed E-state index contributed by atoms with van der Waals surface area (Å²) >= 11 is 1.59. The molecule has 1 fully saturated rings. The molecule has 1 saturated heterocycles. The Labute approximate surface area is 156 Å². The number of fused-ring (bicyclic) bond motifs is 1. The van der Waals surface area contributed by atoms with Crippen molar-refractivity contribution in [3.05, 3.63) is 48.4 Å². The molecule has 1 aliphatic rings. The van der Waals surface area contributed by atoms with E-state index >= 15 is 0 Å². The summed E-state index contributed by atoms with van der Waals surface area (Å²) in [7, 11) is 0. The second-order valence-electron chi connectivity index (χ2n) is 6.20. The number of thioether (sulfide) groups is 1. The lowest BCUT2D eigenvalue weighted by atomic mass is 10.3. The summed E-state index contributed by atoms with van der Waals surface area (Å²) in [4.78, 5) is 26.4. The third-order valence-electron chi connectivity index (χ3n) is 4.42. The maximum Gasteiger partial charge on any atom is 0.254 e. The van der Waals surface area contributed by atoms with E-state index in [1.807, 2.05) is 48.2 Å². The van der Waals surface area contributed by atoms with Crippen LogP contribution in [0.1, 0.15) is 5.69 Å². The van der Waals surface area contributed by atoms with Crippen molar-refractivity contribution in [2.45, 2.75) is 11.8 Å². The highest BCUT2D eigenvalue weighted by Crippen LogP contribution is 2.20. The molecule has 8 heteroatoms. The maximum atomic E-state index is 12.5. The number of aromatic nitrogens is 4. The van der Waals surface area contributed by atoms with Crippen molar-refractivity contribution in [3.8, 4) is 0 Å². The fraction of sp³-hybridized carbons (Fsp3) is 0.333. The number of piperazine rings is 1. The van der Waals surface area contributed by atoms with Gasteiger partial charge in [0.1, 0.15) is 12.1 Å². The van der Waals surface area contributed by atoms with Gasteiger partial charge in [-0.2, -0.15) is 14.6 Å². The summed E-state index contributed by atoms with van der Waals surface area (Å²) in [6, 6.07) is 12.1. The van der Waals surface area contributed by atoms with E-state index in [-0.39, 0.29) is 5.91 Å². The molecular formula is C18H20N6OS. The van der Waals surface area contributed by atoms with Gasteiger partial charge in [0.15, 0.2) is 0 Å². The molecule has 1 aliphatic heterocycles. The highest BCUT2D eigenvalue weighted by molar-refractivity contribution is 8.00. The lowest BCUT2D eigenvalue weighted by Crippen LogP contribution is -2.49. The van der Waals surface area contributed by atoms with Crippen LogP contribution in [0.4, 0.5) is 5.82 Å². The zero-order valence-corrected chi connectivity index (χ0v) is 15.4. The summed E-state index contributed by atoms with van der Waals surface area (Å²) in [6.45, 7) is 4.94. The van der Waals surface area contributed by atoms with Gasteiger partial charge in [0.25, 0.3) is 5.78 Å². The van der Waals surface area contributed by atoms with Crippen molar-refractivity contribution in [1.29, 1.82) is 0 Å². The summed E-state index contributed by atoms with van der Waals surface area (Å²) < 4.78 is 1.76. The van der Waals surface area contributed by atoms with E-state index in [0.717, 1.165) is 29.5 Å². The van der Waals surface area contributed by atoms with E-state index in [9.17, 15) is 4.79 Å². The van der Waals surface area contributed by atoms with Gasteiger partial charge in [-0.05, 0) is 19.1 Å². The summed E-state index contributed by atoms with van der Waals surface area (Å²) in [6.07, 6.45) is 1.52. The van der Waals surface area contributed by atoms with Crippen LogP contribution < -0.4 is 4.90 Å². The number of nitrogens with zero attached hydrogens (tertiary/aromatic N) is 6. The zero-order valence-electron chi connectivity index (χ0n) is 14.6. The fourth-order valence-electron chi connectivity index (χ4n) is 3.07. The Morgan fingerprint density at radius 3 is 2.69 bits per heavy atom. The summed E-state index contributed by atoms with van der Waals surface area (Å²) in [5, 5.41) is 4.27. The van der Waals surface area contributed by atoms with Crippen LogP contribution in [0.2, 0.25) is 0 Å². The molecule has 3 aromatic rings. The minimum Gasteiger partial charge on any atom is -0.353 e. The number of rotatable bonds is 4. The molecule has 0 atom stereocenters. The average Bonchev–Trinajstić information content (AvgIpc) is 3.15. The molecule has 0 spiro atoms. The van der Waals surface area contributed by atoms with Gasteiger partial charge in [-0.1, -0.05) is 18.2 Å². The third-order valence-corrected chi connectivity index (χ3v) is 5.42. The second kappa shape index (κ2) is 7.33. The van der Waals surface area contributed by atoms with E-state index in [2.05, 4.69) is 20.0 Å². The van der Waals surface area contributed by atoms with Gasteiger partial charge < -0.3 is 9.80 Å². The molecule has 0 radical (unpaired) electrons. The standard InChI is InChI=1S/C18H20N6OS/c1-14-11-16(24-18(21-14)19-13-20-24)22-7-9-23(10-8-22)17(25)12-26-15-5-3-2-4-6-15/h2-6,11,13H,7-10,12H2,1H3. The lowest BCUT2D eigenvalue weighted by Gasteiger charge is -2.36. The van der Waals surface area contributed by atoms with E-state index < -0.39 is 0 Å². The molecule has 0 unspecified atom stereocenters. The Hall–Kier alpha value is -2.61. The SMILES string of the molecule is Cc1cc(N2CCN(C(=O)CSc3ccccc3)CC2)n2ncnc2n1. The van der Waals surface area contributed by atoms with Gasteiger partial charge in [0.2, 0.25) is 5.91 Å². The molecule has 134 valence electrons. The van der Waals surface area contributed by atoms with Crippen molar-refractivity contribution in [2.24, 2.45) is 0 Å². The molecule has 0 aliphatic carbocycles. The van der Waals surface area contributed by atoms with E-state index in [0.29, 0.717) is 24.6 Å². The van der Waals surface area contributed by atoms with Gasteiger partial charge in [-0.25, -0.2) is 4.98 Å². The minimum atomic E-state index is 0.190. The Morgan fingerprint density at radius 1 is 1.15 bits per heavy atom. The molecule has 0 bridgehead atoms. The van der Waals surface area contributed by atoms with Crippen molar-refractivity contribution < 1.29 is 4.79 Å². The quantitative estimate of drug-likeness (QED) is 0.655. The molecule has 0 saturated carbocycles. The topological polar surface area (TPSA) is 66.6 Å². The number of hydrogen-bond acceptors (Lipinski definition) is 6. The average molecular weight is 368 g/mol.